The Kier molecular flexibility index (Phi) is 5.96. The first-order chi connectivity index (χ1) is 15.6. The molecular weight excluding hydrogens is 455 g/mol. The van der Waals surface area contributed by atoms with E-state index >= 15 is 0 Å². The molecule has 176 valence electrons. The smallest absolute Gasteiger partial charge is 0.274 e. The van der Waals surface area contributed by atoms with Crippen LogP contribution in [0.15, 0.2) is 23.1 Å². The van der Waals surface area contributed by atoms with Gasteiger partial charge < -0.3 is 24.0 Å². The summed E-state index contributed by atoms with van der Waals surface area (Å²) in [5, 5.41) is 10.5. The number of aryl methyl sites for hydroxylation is 1. The largest absolute Gasteiger partial charge is 0.503 e. The van der Waals surface area contributed by atoms with E-state index in [0.717, 1.165) is 0 Å². The summed E-state index contributed by atoms with van der Waals surface area (Å²) in [7, 11) is 4.59. The Labute approximate surface area is 194 Å². The van der Waals surface area contributed by atoms with Crippen LogP contribution < -0.4 is 10.2 Å². The summed E-state index contributed by atoms with van der Waals surface area (Å²) < 4.78 is 26.3. The third-order valence-electron chi connectivity index (χ3n) is 6.53. The van der Waals surface area contributed by atoms with Gasteiger partial charge >= 0.3 is 0 Å². The molecule has 1 aliphatic carbocycles. The number of carbonyl (C=O) groups is 2. The molecule has 1 spiro atoms. The van der Waals surface area contributed by atoms with Gasteiger partial charge in [0, 0.05) is 45.3 Å². The molecule has 2 aromatic rings. The number of aromatic nitrogens is 1. The molecule has 0 bridgehead atoms. The van der Waals surface area contributed by atoms with Crippen LogP contribution in [0.1, 0.15) is 39.3 Å². The summed E-state index contributed by atoms with van der Waals surface area (Å²) in [6.45, 7) is 0.809. The van der Waals surface area contributed by atoms with Crippen molar-refractivity contribution in [2.24, 2.45) is 5.92 Å². The molecule has 1 aromatic heterocycles. The summed E-state index contributed by atoms with van der Waals surface area (Å²) in [5.41, 5.74) is -1.68. The topological polar surface area (TPSA) is 98.1 Å². The minimum atomic E-state index is -0.918. The predicted molar refractivity (Wildman–Crippen MR) is 118 cm³/mol. The van der Waals surface area contributed by atoms with E-state index in [2.05, 4.69) is 0 Å². The highest BCUT2D eigenvalue weighted by Gasteiger charge is 2.60. The van der Waals surface area contributed by atoms with E-state index in [1.807, 2.05) is 0 Å². The number of halogens is 2. The molecule has 1 fully saturated rings. The van der Waals surface area contributed by atoms with E-state index in [-0.39, 0.29) is 40.6 Å². The monoisotopic (exact) mass is 478 g/mol. The molecule has 1 aliphatic heterocycles. The molecule has 0 saturated heterocycles. The molecule has 2 heterocycles. The van der Waals surface area contributed by atoms with Crippen molar-refractivity contribution in [3.05, 3.63) is 56.2 Å². The standard InChI is InChI=1S/C23H24ClFN2O6/c1-26-11-23(8-13(23)10-32-2)27-9-15(20(29)21(30)19(27)22(26)31)17(28)5-4-12-6-14(33-3)7-16(24)18(12)25/h6-7,9,13,30H,4-5,8,10-11H2,1-3H3. The van der Waals surface area contributed by atoms with Gasteiger partial charge in [0.1, 0.15) is 11.6 Å². The molecule has 8 nitrogen and oxygen atoms in total. The highest BCUT2D eigenvalue weighted by atomic mass is 35.5. The molecule has 1 saturated carbocycles. The lowest BCUT2D eigenvalue weighted by molar-refractivity contribution is 0.0664. The number of hydrogen-bond donors (Lipinski definition) is 1. The molecule has 10 heteroatoms. The Bertz CT molecular complexity index is 1210. The SMILES string of the molecule is COCC1CC12CN(C)C(=O)c1c(O)c(=O)c(C(=O)CCc3cc(OC)cc(Cl)c3F)cn12. The normalized spacial score (nSPS) is 21.3. The van der Waals surface area contributed by atoms with Crippen LogP contribution in [0.4, 0.5) is 4.39 Å². The van der Waals surface area contributed by atoms with Crippen LogP contribution in [0.2, 0.25) is 5.02 Å². The summed E-state index contributed by atoms with van der Waals surface area (Å²) in [6, 6.07) is 2.77. The van der Waals surface area contributed by atoms with Gasteiger partial charge in [-0.05, 0) is 24.5 Å². The van der Waals surface area contributed by atoms with Crippen LogP contribution in [0.5, 0.6) is 11.5 Å². The number of methoxy groups -OCH3 is 2. The van der Waals surface area contributed by atoms with Crippen molar-refractivity contribution in [1.82, 2.24) is 9.47 Å². The summed E-state index contributed by atoms with van der Waals surface area (Å²) >= 11 is 5.89. The van der Waals surface area contributed by atoms with Crippen molar-refractivity contribution in [2.45, 2.75) is 24.8 Å². The minimum Gasteiger partial charge on any atom is -0.503 e. The maximum absolute atomic E-state index is 14.4. The van der Waals surface area contributed by atoms with Crippen LogP contribution >= 0.6 is 11.6 Å². The number of likely N-dealkylation sites (N-methyl/N-ethyl adjacent to an activating group) is 1. The van der Waals surface area contributed by atoms with Crippen LogP contribution in [-0.4, -0.2) is 60.7 Å². The molecule has 2 atom stereocenters. The fourth-order valence-corrected chi connectivity index (χ4v) is 4.90. The van der Waals surface area contributed by atoms with Gasteiger partial charge in [-0.1, -0.05) is 11.6 Å². The quantitative estimate of drug-likeness (QED) is 0.614. The number of pyridine rings is 1. The number of carbonyl (C=O) groups excluding carboxylic acids is 2. The molecule has 2 aliphatic rings. The van der Waals surface area contributed by atoms with Crippen LogP contribution in [-0.2, 0) is 16.7 Å². The summed E-state index contributed by atoms with van der Waals surface area (Å²) in [4.78, 5) is 40.0. The number of ketones is 1. The van der Waals surface area contributed by atoms with Crippen molar-refractivity contribution >= 4 is 23.3 Å². The highest BCUT2D eigenvalue weighted by Crippen LogP contribution is 2.53. The molecule has 1 aromatic carbocycles. The molecule has 0 radical (unpaired) electrons. The number of benzene rings is 1. The van der Waals surface area contributed by atoms with Gasteiger partial charge in [-0.25, -0.2) is 4.39 Å². The molecule has 1 amide bonds. The van der Waals surface area contributed by atoms with Gasteiger partial charge in [-0.2, -0.15) is 0 Å². The van der Waals surface area contributed by atoms with Gasteiger partial charge in [-0.3, -0.25) is 14.4 Å². The Hall–Kier alpha value is -2.91. The molecule has 1 N–H and O–H groups in total. The third-order valence-corrected chi connectivity index (χ3v) is 6.80. The van der Waals surface area contributed by atoms with Crippen molar-refractivity contribution in [3.63, 3.8) is 0 Å². The van der Waals surface area contributed by atoms with E-state index in [1.165, 1.54) is 30.3 Å². The Morgan fingerprint density at radius 2 is 2.06 bits per heavy atom. The summed E-state index contributed by atoms with van der Waals surface area (Å²) in [6.07, 6.45) is 1.81. The first-order valence-corrected chi connectivity index (χ1v) is 10.8. The number of nitrogens with zero attached hydrogens (tertiary/aromatic N) is 2. The van der Waals surface area contributed by atoms with E-state index in [9.17, 15) is 23.9 Å². The molecular formula is C23H24ClFN2O6. The minimum absolute atomic E-state index is 0.0251. The van der Waals surface area contributed by atoms with E-state index in [4.69, 9.17) is 21.1 Å². The van der Waals surface area contributed by atoms with E-state index < -0.39 is 34.2 Å². The predicted octanol–water partition coefficient (Wildman–Crippen LogP) is 2.62. The van der Waals surface area contributed by atoms with Gasteiger partial charge in [0.25, 0.3) is 5.91 Å². The number of ether oxygens (including phenoxy) is 2. The van der Waals surface area contributed by atoms with Gasteiger partial charge in [-0.15, -0.1) is 0 Å². The van der Waals surface area contributed by atoms with Crippen LogP contribution in [0.3, 0.4) is 0 Å². The second-order valence-electron chi connectivity index (χ2n) is 8.57. The third kappa shape index (κ3) is 3.79. The molecule has 2 unspecified atom stereocenters. The number of aromatic hydroxyl groups is 1. The van der Waals surface area contributed by atoms with Crippen LogP contribution in [0, 0.1) is 11.7 Å². The number of fused-ring (bicyclic) bond motifs is 2. The fourth-order valence-electron chi connectivity index (χ4n) is 4.67. The van der Waals surface area contributed by atoms with Crippen molar-refractivity contribution < 1.29 is 28.6 Å². The van der Waals surface area contributed by atoms with Crippen molar-refractivity contribution in [3.8, 4) is 11.5 Å². The second kappa shape index (κ2) is 8.46. The molecule has 33 heavy (non-hydrogen) atoms. The van der Waals surface area contributed by atoms with Crippen molar-refractivity contribution in [1.29, 1.82) is 0 Å². The lowest BCUT2D eigenvalue weighted by atomic mass is 10.00. The average molecular weight is 479 g/mol. The van der Waals surface area contributed by atoms with Crippen molar-refractivity contribution in [2.75, 3.05) is 34.4 Å². The lowest BCUT2D eigenvalue weighted by Gasteiger charge is -2.35. The number of rotatable bonds is 7. The Morgan fingerprint density at radius 1 is 1.33 bits per heavy atom. The zero-order valence-corrected chi connectivity index (χ0v) is 19.2. The fraction of sp³-hybridized carbons (Fsp3) is 0.435. The maximum atomic E-state index is 14.4. The molecule has 4 rings (SSSR count). The van der Waals surface area contributed by atoms with Gasteiger partial charge in [0.15, 0.2) is 17.2 Å². The number of hydrogen-bond acceptors (Lipinski definition) is 6. The van der Waals surface area contributed by atoms with E-state index in [1.54, 1.807) is 18.7 Å². The van der Waals surface area contributed by atoms with Gasteiger partial charge in [0.2, 0.25) is 5.43 Å². The second-order valence-corrected chi connectivity index (χ2v) is 8.97. The van der Waals surface area contributed by atoms with E-state index in [0.29, 0.717) is 25.3 Å². The van der Waals surface area contributed by atoms with Crippen LogP contribution in [0.25, 0.3) is 0 Å². The Morgan fingerprint density at radius 3 is 2.73 bits per heavy atom. The first-order valence-electron chi connectivity index (χ1n) is 10.4. The number of amides is 1. The highest BCUT2D eigenvalue weighted by molar-refractivity contribution is 6.31. The first kappa shape index (κ1) is 23.3. The van der Waals surface area contributed by atoms with Gasteiger partial charge in [0.05, 0.1) is 29.8 Å². The number of Topliss-reactive ketones (excluding diaryl/α,β-unsaturated/α-hetero) is 1. The average Bonchev–Trinajstić information content (AvgIpc) is 3.47. The Balaban J connectivity index is 1.69. The maximum Gasteiger partial charge on any atom is 0.274 e. The zero-order chi connectivity index (χ0) is 24.1. The summed E-state index contributed by atoms with van der Waals surface area (Å²) in [5.74, 6) is -2.08. The lowest BCUT2D eigenvalue weighted by Crippen LogP contribution is -2.48. The zero-order valence-electron chi connectivity index (χ0n) is 18.5.